The fourth-order valence-electron chi connectivity index (χ4n) is 3.87. The van der Waals surface area contributed by atoms with Crippen LogP contribution in [0.2, 0.25) is 0 Å². The minimum absolute atomic E-state index is 0.145. The van der Waals surface area contributed by atoms with E-state index >= 15 is 0 Å². The Kier molecular flexibility index (Phi) is 8.27. The smallest absolute Gasteiger partial charge is 0.136 e. The van der Waals surface area contributed by atoms with Crippen molar-refractivity contribution in [1.29, 1.82) is 5.41 Å². The number of halogens is 1. The molecule has 6 heteroatoms. The van der Waals surface area contributed by atoms with E-state index in [0.717, 1.165) is 40.1 Å². The maximum absolute atomic E-state index is 13.4. The zero-order valence-electron chi connectivity index (χ0n) is 18.6. The molecule has 0 fully saturated rings. The highest BCUT2D eigenvalue weighted by Gasteiger charge is 2.18. The summed E-state index contributed by atoms with van der Waals surface area (Å²) in [5, 5.41) is 11.8. The van der Waals surface area contributed by atoms with Crippen LogP contribution >= 0.6 is 23.3 Å². The Balaban J connectivity index is 1.89. The molecule has 0 spiro atoms. The summed E-state index contributed by atoms with van der Waals surface area (Å²) in [5.41, 5.74) is 6.33. The highest BCUT2D eigenvalue weighted by atomic mass is 32.2. The third kappa shape index (κ3) is 5.36. The highest BCUT2D eigenvalue weighted by Crippen LogP contribution is 2.31. The van der Waals surface area contributed by atoms with Gasteiger partial charge in [-0.25, -0.2) is 4.98 Å². The first-order chi connectivity index (χ1) is 15.0. The van der Waals surface area contributed by atoms with Crippen LogP contribution in [0.1, 0.15) is 65.1 Å². The van der Waals surface area contributed by atoms with Crippen molar-refractivity contribution < 1.29 is 4.39 Å². The van der Waals surface area contributed by atoms with Gasteiger partial charge in [0.2, 0.25) is 0 Å². The Morgan fingerprint density at radius 3 is 2.48 bits per heavy atom. The largest absolute Gasteiger partial charge is 0.310 e. The van der Waals surface area contributed by atoms with Crippen molar-refractivity contribution in [3.63, 3.8) is 0 Å². The summed E-state index contributed by atoms with van der Waals surface area (Å²) >= 11 is 3.12. The van der Waals surface area contributed by atoms with Crippen LogP contribution in [-0.2, 0) is 19.3 Å². The minimum atomic E-state index is -0.444. The van der Waals surface area contributed by atoms with E-state index in [1.165, 1.54) is 28.0 Å². The van der Waals surface area contributed by atoms with E-state index in [4.69, 9.17) is 5.41 Å². The Hall–Kier alpha value is -2.18. The van der Waals surface area contributed by atoms with Gasteiger partial charge >= 0.3 is 0 Å². The van der Waals surface area contributed by atoms with E-state index in [-0.39, 0.29) is 5.92 Å². The molecule has 1 unspecified atom stereocenters. The van der Waals surface area contributed by atoms with Gasteiger partial charge in [-0.15, -0.1) is 11.3 Å². The van der Waals surface area contributed by atoms with Gasteiger partial charge in [-0.1, -0.05) is 51.1 Å². The number of benzene rings is 2. The summed E-state index contributed by atoms with van der Waals surface area (Å²) in [6, 6.07) is 10.5. The third-order valence-corrected chi connectivity index (χ3v) is 7.56. The van der Waals surface area contributed by atoms with E-state index in [1.807, 2.05) is 24.6 Å². The third-order valence-electron chi connectivity index (χ3n) is 5.57. The summed E-state index contributed by atoms with van der Waals surface area (Å²) in [4.78, 5) is 5.63. The molecule has 0 aliphatic carbocycles. The molecule has 0 aliphatic rings. The van der Waals surface area contributed by atoms with Crippen LogP contribution in [0.15, 0.2) is 46.8 Å². The SMILES string of the molecule is CCc1cccc(CC)c1SNC(=N)c1c(C)cc(C(C)c2nccs2)cc1CCF. The van der Waals surface area contributed by atoms with Crippen molar-refractivity contribution >= 4 is 29.1 Å². The van der Waals surface area contributed by atoms with Crippen LogP contribution in [0.25, 0.3) is 0 Å². The Morgan fingerprint density at radius 1 is 1.19 bits per heavy atom. The molecule has 31 heavy (non-hydrogen) atoms. The van der Waals surface area contributed by atoms with Crippen LogP contribution in [0.4, 0.5) is 4.39 Å². The van der Waals surface area contributed by atoms with Crippen LogP contribution < -0.4 is 4.72 Å². The maximum Gasteiger partial charge on any atom is 0.136 e. The molecule has 1 aromatic heterocycles. The van der Waals surface area contributed by atoms with E-state index in [2.05, 4.69) is 54.7 Å². The minimum Gasteiger partial charge on any atom is -0.310 e. The number of hydrogen-bond donors (Lipinski definition) is 2. The van der Waals surface area contributed by atoms with Gasteiger partial charge in [-0.2, -0.15) is 0 Å². The lowest BCUT2D eigenvalue weighted by atomic mass is 9.91. The molecule has 0 saturated heterocycles. The molecule has 3 rings (SSSR count). The standard InChI is InChI=1S/C25H30FN3S2/c1-5-18-8-7-9-19(6-2)23(18)31-29-24(27)22-16(3)14-21(15-20(22)10-11-26)17(4)25-28-12-13-30-25/h7-9,12-15,17H,5-6,10-11H2,1-4H3,(H2,27,29). The topological polar surface area (TPSA) is 48.8 Å². The number of hydrogen-bond acceptors (Lipinski definition) is 4. The van der Waals surface area contributed by atoms with E-state index < -0.39 is 6.67 Å². The lowest BCUT2D eigenvalue weighted by molar-refractivity contribution is 0.495. The molecule has 0 aliphatic heterocycles. The average Bonchev–Trinajstić information content (AvgIpc) is 3.31. The molecule has 0 radical (unpaired) electrons. The Morgan fingerprint density at radius 2 is 1.90 bits per heavy atom. The molecule has 2 N–H and O–H groups in total. The molecule has 2 aromatic carbocycles. The van der Waals surface area contributed by atoms with E-state index in [0.29, 0.717) is 12.3 Å². The fraction of sp³-hybridized carbons (Fsp3) is 0.360. The van der Waals surface area contributed by atoms with Crippen LogP contribution in [0.5, 0.6) is 0 Å². The summed E-state index contributed by atoms with van der Waals surface area (Å²) < 4.78 is 16.6. The number of alkyl halides is 1. The molecule has 1 heterocycles. The molecular formula is C25H30FN3S2. The lowest BCUT2D eigenvalue weighted by Crippen LogP contribution is -2.20. The first-order valence-corrected chi connectivity index (χ1v) is 12.4. The second-order valence-corrected chi connectivity index (χ2v) is 9.34. The van der Waals surface area contributed by atoms with Gasteiger partial charge in [0, 0.05) is 34.4 Å². The van der Waals surface area contributed by atoms with Gasteiger partial charge in [-0.3, -0.25) is 9.80 Å². The predicted molar refractivity (Wildman–Crippen MR) is 132 cm³/mol. The zero-order valence-corrected chi connectivity index (χ0v) is 20.2. The fourth-order valence-corrected chi connectivity index (χ4v) is 5.58. The van der Waals surface area contributed by atoms with Gasteiger partial charge in [0.15, 0.2) is 0 Å². The van der Waals surface area contributed by atoms with Crippen molar-refractivity contribution in [3.8, 4) is 0 Å². The van der Waals surface area contributed by atoms with Gasteiger partial charge in [0.05, 0.1) is 11.7 Å². The molecule has 3 nitrogen and oxygen atoms in total. The lowest BCUT2D eigenvalue weighted by Gasteiger charge is -2.19. The molecule has 0 saturated carbocycles. The van der Waals surface area contributed by atoms with Crippen molar-refractivity contribution in [2.24, 2.45) is 0 Å². The van der Waals surface area contributed by atoms with Crippen molar-refractivity contribution in [2.45, 2.75) is 57.8 Å². The van der Waals surface area contributed by atoms with Crippen molar-refractivity contribution in [3.05, 3.63) is 80.3 Å². The van der Waals surface area contributed by atoms with Crippen LogP contribution in [0.3, 0.4) is 0 Å². The summed E-state index contributed by atoms with van der Waals surface area (Å²) in [6.45, 7) is 7.99. The summed E-state index contributed by atoms with van der Waals surface area (Å²) in [5.74, 6) is 0.471. The summed E-state index contributed by atoms with van der Waals surface area (Å²) in [6.07, 6.45) is 4.01. The number of aromatic nitrogens is 1. The Bertz CT molecular complexity index is 1010. The quantitative estimate of drug-likeness (QED) is 0.210. The zero-order chi connectivity index (χ0) is 22.4. The first-order valence-electron chi connectivity index (χ1n) is 10.7. The van der Waals surface area contributed by atoms with Crippen LogP contribution in [0, 0.1) is 12.3 Å². The Labute approximate surface area is 193 Å². The molecule has 0 bridgehead atoms. The predicted octanol–water partition coefficient (Wildman–Crippen LogP) is 6.86. The molecular weight excluding hydrogens is 425 g/mol. The summed E-state index contributed by atoms with van der Waals surface area (Å²) in [7, 11) is 0. The number of aryl methyl sites for hydroxylation is 4. The number of amidine groups is 1. The van der Waals surface area contributed by atoms with Gasteiger partial charge in [0.25, 0.3) is 0 Å². The molecule has 3 aromatic rings. The van der Waals surface area contributed by atoms with Gasteiger partial charge in [0.1, 0.15) is 5.84 Å². The number of thiazole rings is 1. The maximum atomic E-state index is 13.4. The number of nitrogens with zero attached hydrogens (tertiary/aromatic N) is 1. The molecule has 164 valence electrons. The van der Waals surface area contributed by atoms with E-state index in [9.17, 15) is 4.39 Å². The second kappa shape index (κ2) is 10.9. The van der Waals surface area contributed by atoms with Crippen molar-refractivity contribution in [2.75, 3.05) is 6.67 Å². The normalized spacial score (nSPS) is 12.0. The van der Waals surface area contributed by atoms with Gasteiger partial charge in [-0.05, 0) is 59.5 Å². The van der Waals surface area contributed by atoms with E-state index in [1.54, 1.807) is 11.3 Å². The number of rotatable bonds is 9. The number of nitrogens with one attached hydrogen (secondary N) is 2. The monoisotopic (exact) mass is 455 g/mol. The second-order valence-electron chi connectivity index (χ2n) is 7.59. The van der Waals surface area contributed by atoms with Crippen LogP contribution in [-0.4, -0.2) is 17.5 Å². The molecule has 0 amide bonds. The first kappa shape index (κ1) is 23.5. The molecule has 1 atom stereocenters. The van der Waals surface area contributed by atoms with Crippen molar-refractivity contribution in [1.82, 2.24) is 9.71 Å². The average molecular weight is 456 g/mol. The highest BCUT2D eigenvalue weighted by molar-refractivity contribution is 7.98. The van der Waals surface area contributed by atoms with Gasteiger partial charge < -0.3 is 4.72 Å².